The van der Waals surface area contributed by atoms with Crippen molar-refractivity contribution in [1.82, 2.24) is 19.7 Å². The Bertz CT molecular complexity index is 1070. The van der Waals surface area contributed by atoms with Gasteiger partial charge in [0.05, 0.1) is 16.6 Å². The molecule has 1 fully saturated rings. The lowest BCUT2D eigenvalue weighted by molar-refractivity contribution is -0.114. The van der Waals surface area contributed by atoms with E-state index < -0.39 is 12.5 Å². The van der Waals surface area contributed by atoms with Crippen LogP contribution in [0.2, 0.25) is 0 Å². The Morgan fingerprint density at radius 1 is 1.43 bits per heavy atom. The van der Waals surface area contributed by atoms with Crippen LogP contribution in [0, 0.1) is 5.95 Å². The fourth-order valence-corrected chi connectivity index (χ4v) is 4.54. The average molecular weight is 439 g/mol. The maximum atomic E-state index is 14.1. The molecule has 1 amide bonds. The van der Waals surface area contributed by atoms with Gasteiger partial charge in [-0.15, -0.1) is 0 Å². The number of thiazole rings is 1. The molecule has 0 unspecified atom stereocenters. The van der Waals surface area contributed by atoms with E-state index in [4.69, 9.17) is 4.74 Å². The minimum atomic E-state index is -2.70. The first-order valence-electron chi connectivity index (χ1n) is 9.39. The first kappa shape index (κ1) is 20.6. The minimum Gasteiger partial charge on any atom is -0.489 e. The van der Waals surface area contributed by atoms with Crippen LogP contribution in [-0.4, -0.2) is 44.3 Å². The molecule has 0 bridgehead atoms. The smallest absolute Gasteiger partial charge is 0.333 e. The van der Waals surface area contributed by atoms with Gasteiger partial charge in [0, 0.05) is 37.9 Å². The SMILES string of the molecule is CC(=O)Nc1nc(F)c(CN2C[C@H](Oc3ccc4c(cnn4C(F)F)c3)C[C@@H]2C)s1. The van der Waals surface area contributed by atoms with Crippen LogP contribution in [0.5, 0.6) is 5.75 Å². The fraction of sp³-hybridized carbons (Fsp3) is 0.421. The van der Waals surface area contributed by atoms with Crippen molar-refractivity contribution in [1.29, 1.82) is 0 Å². The van der Waals surface area contributed by atoms with Crippen molar-refractivity contribution in [3.63, 3.8) is 0 Å². The van der Waals surface area contributed by atoms with Gasteiger partial charge in [0.1, 0.15) is 11.9 Å². The summed E-state index contributed by atoms with van der Waals surface area (Å²) in [6.07, 6.45) is 2.01. The second kappa shape index (κ2) is 8.23. The van der Waals surface area contributed by atoms with Crippen LogP contribution in [0.25, 0.3) is 10.9 Å². The molecular weight excluding hydrogens is 419 g/mol. The standard InChI is InChI=1S/C19H20F3N5O2S/c1-10-5-14(8-26(10)9-16-17(20)25-19(30-16)24-11(2)28)29-13-3-4-15-12(6-13)7-23-27(15)18(21)22/h3-4,6-7,10,14,18H,5,8-9H2,1-2H3,(H,24,25,28)/t10-,14+/m0/s1. The molecule has 0 radical (unpaired) electrons. The van der Waals surface area contributed by atoms with Gasteiger partial charge < -0.3 is 10.1 Å². The van der Waals surface area contributed by atoms with E-state index in [-0.39, 0.29) is 23.2 Å². The summed E-state index contributed by atoms with van der Waals surface area (Å²) in [6.45, 7) is 1.63. The van der Waals surface area contributed by atoms with Crippen molar-refractivity contribution in [3.05, 3.63) is 35.2 Å². The predicted molar refractivity (Wildman–Crippen MR) is 106 cm³/mol. The third-order valence-corrected chi connectivity index (χ3v) is 5.93. The molecule has 1 saturated heterocycles. The lowest BCUT2D eigenvalue weighted by Crippen LogP contribution is -2.28. The number of benzene rings is 1. The number of hydrogen-bond acceptors (Lipinski definition) is 6. The van der Waals surface area contributed by atoms with E-state index in [1.807, 2.05) is 6.92 Å². The number of fused-ring (bicyclic) bond motifs is 1. The number of amides is 1. The molecule has 160 valence electrons. The van der Waals surface area contributed by atoms with E-state index in [1.54, 1.807) is 18.2 Å². The monoisotopic (exact) mass is 439 g/mol. The van der Waals surface area contributed by atoms with Crippen molar-refractivity contribution in [3.8, 4) is 5.75 Å². The summed E-state index contributed by atoms with van der Waals surface area (Å²) in [7, 11) is 0. The molecule has 4 rings (SSSR count). The molecule has 30 heavy (non-hydrogen) atoms. The lowest BCUT2D eigenvalue weighted by atomic mass is 10.2. The van der Waals surface area contributed by atoms with Gasteiger partial charge in [-0.05, 0) is 25.1 Å². The summed E-state index contributed by atoms with van der Waals surface area (Å²) in [5, 5.41) is 7.02. The van der Waals surface area contributed by atoms with Crippen LogP contribution in [0.15, 0.2) is 24.4 Å². The Morgan fingerprint density at radius 3 is 2.97 bits per heavy atom. The van der Waals surface area contributed by atoms with E-state index in [1.165, 1.54) is 13.1 Å². The van der Waals surface area contributed by atoms with Crippen molar-refractivity contribution >= 4 is 33.3 Å². The number of rotatable bonds is 6. The topological polar surface area (TPSA) is 72.3 Å². The van der Waals surface area contributed by atoms with Gasteiger partial charge in [-0.3, -0.25) is 9.69 Å². The van der Waals surface area contributed by atoms with Crippen molar-refractivity contribution in [2.75, 3.05) is 11.9 Å². The number of nitrogens with one attached hydrogen (secondary N) is 1. The molecule has 7 nitrogen and oxygen atoms in total. The number of carbonyl (C=O) groups excluding carboxylic acids is 1. The number of carbonyl (C=O) groups is 1. The number of ether oxygens (including phenoxy) is 1. The van der Waals surface area contributed by atoms with E-state index in [0.717, 1.165) is 17.8 Å². The molecule has 3 heterocycles. The second-order valence-electron chi connectivity index (χ2n) is 7.26. The highest BCUT2D eigenvalue weighted by atomic mass is 32.1. The van der Waals surface area contributed by atoms with Gasteiger partial charge in [0.2, 0.25) is 11.9 Å². The molecule has 1 N–H and O–H groups in total. The summed E-state index contributed by atoms with van der Waals surface area (Å²) >= 11 is 1.12. The summed E-state index contributed by atoms with van der Waals surface area (Å²) in [6, 6.07) is 5.07. The number of hydrogen-bond donors (Lipinski definition) is 1. The Kier molecular flexibility index (Phi) is 5.65. The summed E-state index contributed by atoms with van der Waals surface area (Å²) in [4.78, 5) is 17.4. The van der Waals surface area contributed by atoms with Crippen molar-refractivity contribution < 1.29 is 22.7 Å². The normalized spacial score (nSPS) is 19.7. The molecule has 0 spiro atoms. The second-order valence-corrected chi connectivity index (χ2v) is 8.34. The van der Waals surface area contributed by atoms with Crippen LogP contribution in [0.4, 0.5) is 18.3 Å². The average Bonchev–Trinajstić information content (AvgIpc) is 3.32. The van der Waals surface area contributed by atoms with Gasteiger partial charge in [-0.25, -0.2) is 4.68 Å². The van der Waals surface area contributed by atoms with E-state index in [2.05, 4.69) is 20.3 Å². The fourth-order valence-electron chi connectivity index (χ4n) is 3.62. The van der Waals surface area contributed by atoms with Crippen LogP contribution in [0.3, 0.4) is 0 Å². The van der Waals surface area contributed by atoms with Crippen LogP contribution < -0.4 is 10.1 Å². The Morgan fingerprint density at radius 2 is 2.23 bits per heavy atom. The number of anilines is 1. The largest absolute Gasteiger partial charge is 0.489 e. The van der Waals surface area contributed by atoms with E-state index >= 15 is 0 Å². The molecule has 1 aliphatic heterocycles. The first-order chi connectivity index (χ1) is 14.3. The molecule has 3 aromatic rings. The van der Waals surface area contributed by atoms with Crippen molar-refractivity contribution in [2.45, 2.75) is 45.5 Å². The molecule has 1 aliphatic rings. The van der Waals surface area contributed by atoms with Gasteiger partial charge in [0.25, 0.3) is 0 Å². The summed E-state index contributed by atoms with van der Waals surface area (Å²) < 4.78 is 46.7. The van der Waals surface area contributed by atoms with Gasteiger partial charge >= 0.3 is 6.55 Å². The van der Waals surface area contributed by atoms with Gasteiger partial charge in [-0.1, -0.05) is 11.3 Å². The number of likely N-dealkylation sites (tertiary alicyclic amines) is 1. The van der Waals surface area contributed by atoms with Gasteiger partial charge in [-0.2, -0.15) is 23.3 Å². The maximum Gasteiger partial charge on any atom is 0.333 e. The Labute approximate surface area is 174 Å². The first-order valence-corrected chi connectivity index (χ1v) is 10.2. The minimum absolute atomic E-state index is 0.117. The lowest BCUT2D eigenvalue weighted by Gasteiger charge is -2.19. The maximum absolute atomic E-state index is 14.1. The van der Waals surface area contributed by atoms with Gasteiger partial charge in [0.15, 0.2) is 5.13 Å². The van der Waals surface area contributed by atoms with Crippen LogP contribution in [-0.2, 0) is 11.3 Å². The number of aromatic nitrogens is 3. The van der Waals surface area contributed by atoms with E-state index in [9.17, 15) is 18.0 Å². The Hall–Kier alpha value is -2.66. The zero-order chi connectivity index (χ0) is 21.4. The quantitative estimate of drug-likeness (QED) is 0.628. The molecule has 0 aliphatic carbocycles. The third-order valence-electron chi connectivity index (χ3n) is 5.00. The summed E-state index contributed by atoms with van der Waals surface area (Å²) in [5.41, 5.74) is 0.342. The molecule has 0 saturated carbocycles. The number of halogens is 3. The third kappa shape index (κ3) is 4.26. The zero-order valence-electron chi connectivity index (χ0n) is 16.3. The highest BCUT2D eigenvalue weighted by Gasteiger charge is 2.32. The van der Waals surface area contributed by atoms with Crippen LogP contribution in [0.1, 0.15) is 31.7 Å². The number of alkyl halides is 2. The highest BCUT2D eigenvalue weighted by molar-refractivity contribution is 7.15. The number of nitrogens with zero attached hydrogens (tertiary/aromatic N) is 4. The molecule has 11 heteroatoms. The van der Waals surface area contributed by atoms with Crippen molar-refractivity contribution in [2.24, 2.45) is 0 Å². The Balaban J connectivity index is 1.41. The summed E-state index contributed by atoms with van der Waals surface area (Å²) in [5.74, 6) is -0.302. The highest BCUT2D eigenvalue weighted by Crippen LogP contribution is 2.30. The zero-order valence-corrected chi connectivity index (χ0v) is 17.1. The molecule has 1 aromatic carbocycles. The molecule has 2 atom stereocenters. The van der Waals surface area contributed by atoms with E-state index in [0.29, 0.717) is 39.3 Å². The molecular formula is C19H20F3N5O2S. The predicted octanol–water partition coefficient (Wildman–Crippen LogP) is 4.03. The molecule has 2 aromatic heterocycles. The van der Waals surface area contributed by atoms with Crippen LogP contribution >= 0.6 is 11.3 Å².